The Morgan fingerprint density at radius 2 is 1.90 bits per heavy atom. The Morgan fingerprint density at radius 1 is 1.16 bits per heavy atom. The number of nitrogens with one attached hydrogen (secondary N) is 2. The fourth-order valence-electron chi connectivity index (χ4n) is 3.46. The van der Waals surface area contributed by atoms with E-state index in [0.717, 1.165) is 6.07 Å². The summed E-state index contributed by atoms with van der Waals surface area (Å²) in [6, 6.07) is 6.15. The van der Waals surface area contributed by atoms with Crippen LogP contribution < -0.4 is 10.9 Å². The van der Waals surface area contributed by atoms with Crippen LogP contribution in [0, 0.1) is 19.7 Å². The maximum Gasteiger partial charge on any atom is 0.416 e. The zero-order valence-corrected chi connectivity index (χ0v) is 16.9. The van der Waals surface area contributed by atoms with Crippen molar-refractivity contribution < 1.29 is 17.6 Å². The van der Waals surface area contributed by atoms with Crippen LogP contribution in [0.25, 0.3) is 11.4 Å². The molecule has 1 aliphatic rings. The lowest BCUT2D eigenvalue weighted by atomic mass is 9.94. The van der Waals surface area contributed by atoms with Crippen LogP contribution in [0.1, 0.15) is 35.2 Å². The van der Waals surface area contributed by atoms with E-state index in [1.807, 2.05) is 0 Å². The number of halogens is 4. The van der Waals surface area contributed by atoms with Crippen molar-refractivity contribution in [1.29, 1.82) is 0 Å². The molecule has 162 valence electrons. The van der Waals surface area contributed by atoms with Gasteiger partial charge in [0.25, 0.3) is 5.56 Å². The highest BCUT2D eigenvalue weighted by atomic mass is 19.4. The molecule has 1 saturated carbocycles. The van der Waals surface area contributed by atoms with E-state index in [-0.39, 0.29) is 5.56 Å². The predicted molar refractivity (Wildman–Crippen MR) is 108 cm³/mol. The number of pyridine rings is 1. The van der Waals surface area contributed by atoms with Gasteiger partial charge in [-0.1, -0.05) is 0 Å². The second-order valence-electron chi connectivity index (χ2n) is 7.92. The molecule has 2 heterocycles. The fourth-order valence-corrected chi connectivity index (χ4v) is 3.46. The Bertz CT molecular complexity index is 1180. The number of hydrogen-bond donors (Lipinski definition) is 2. The van der Waals surface area contributed by atoms with E-state index in [4.69, 9.17) is 0 Å². The van der Waals surface area contributed by atoms with E-state index in [1.165, 1.54) is 6.07 Å². The van der Waals surface area contributed by atoms with Gasteiger partial charge in [0.1, 0.15) is 17.5 Å². The number of aryl methyl sites for hydroxylation is 1. The highest BCUT2D eigenvalue weighted by Crippen LogP contribution is 2.49. The lowest BCUT2D eigenvalue weighted by Crippen LogP contribution is -2.21. The summed E-state index contributed by atoms with van der Waals surface area (Å²) in [5, 5.41) is 3.13. The lowest BCUT2D eigenvalue weighted by Gasteiger charge is -2.19. The fraction of sp³-hybridized carbons (Fsp3) is 0.318. The summed E-state index contributed by atoms with van der Waals surface area (Å²) >= 11 is 0. The Hall–Kier alpha value is -3.23. The van der Waals surface area contributed by atoms with Gasteiger partial charge in [-0.15, -0.1) is 0 Å². The second-order valence-corrected chi connectivity index (χ2v) is 7.92. The number of hydrogen-bond acceptors (Lipinski definition) is 4. The Kier molecular flexibility index (Phi) is 5.07. The van der Waals surface area contributed by atoms with Crippen LogP contribution in [0.2, 0.25) is 0 Å². The maximum absolute atomic E-state index is 13.8. The van der Waals surface area contributed by atoms with Crippen molar-refractivity contribution >= 4 is 5.82 Å². The van der Waals surface area contributed by atoms with Crippen molar-refractivity contribution in [2.45, 2.75) is 38.3 Å². The molecular weight excluding hydrogens is 412 g/mol. The molecule has 0 atom stereocenters. The van der Waals surface area contributed by atoms with Gasteiger partial charge in [-0.25, -0.2) is 14.4 Å². The van der Waals surface area contributed by atoms with E-state index >= 15 is 0 Å². The van der Waals surface area contributed by atoms with E-state index in [0.29, 0.717) is 59.5 Å². The molecule has 3 aromatic rings. The van der Waals surface area contributed by atoms with Crippen molar-refractivity contribution in [2.75, 3.05) is 11.9 Å². The van der Waals surface area contributed by atoms with Gasteiger partial charge in [0.2, 0.25) is 0 Å². The molecule has 0 unspecified atom stereocenters. The maximum atomic E-state index is 13.8. The minimum Gasteiger partial charge on any atom is -0.369 e. The quantitative estimate of drug-likeness (QED) is 0.571. The van der Waals surface area contributed by atoms with Gasteiger partial charge in [-0.3, -0.25) is 4.79 Å². The monoisotopic (exact) mass is 432 g/mol. The van der Waals surface area contributed by atoms with Crippen LogP contribution >= 0.6 is 0 Å². The molecular formula is C22H20F4N4O. The first kappa shape index (κ1) is 21.0. The molecule has 0 saturated heterocycles. The van der Waals surface area contributed by atoms with E-state index < -0.39 is 23.0 Å². The molecule has 0 amide bonds. The molecule has 0 aliphatic heterocycles. The Morgan fingerprint density at radius 3 is 2.48 bits per heavy atom. The number of rotatable bonds is 5. The molecule has 0 bridgehead atoms. The highest BCUT2D eigenvalue weighted by molar-refractivity contribution is 5.56. The SMILES string of the molecule is Cc1nc(-c2ccc(NCC3(c4cc(F)cc(C(F)(F)F)c4)CC3)nc2)[nH]c(=O)c1C. The van der Waals surface area contributed by atoms with E-state index in [1.54, 1.807) is 32.2 Å². The van der Waals surface area contributed by atoms with Gasteiger partial charge in [-0.05, 0) is 62.6 Å². The third-order valence-electron chi connectivity index (χ3n) is 5.73. The molecule has 1 fully saturated rings. The molecule has 31 heavy (non-hydrogen) atoms. The molecule has 1 aliphatic carbocycles. The molecule has 0 radical (unpaired) electrons. The van der Waals surface area contributed by atoms with Crippen molar-refractivity contribution in [3.05, 3.63) is 75.1 Å². The summed E-state index contributed by atoms with van der Waals surface area (Å²) in [7, 11) is 0. The van der Waals surface area contributed by atoms with Crippen LogP contribution in [-0.2, 0) is 11.6 Å². The molecule has 9 heteroatoms. The minimum absolute atomic E-state index is 0.214. The average Bonchev–Trinajstić information content (AvgIpc) is 3.51. The Labute approximate surface area is 175 Å². The smallest absolute Gasteiger partial charge is 0.369 e. The van der Waals surface area contributed by atoms with Crippen LogP contribution in [0.5, 0.6) is 0 Å². The highest BCUT2D eigenvalue weighted by Gasteiger charge is 2.45. The van der Waals surface area contributed by atoms with Crippen LogP contribution in [-0.4, -0.2) is 21.5 Å². The third kappa shape index (κ3) is 4.30. The largest absolute Gasteiger partial charge is 0.416 e. The van der Waals surface area contributed by atoms with Crippen molar-refractivity contribution in [2.24, 2.45) is 0 Å². The number of aromatic amines is 1. The summed E-state index contributed by atoms with van der Waals surface area (Å²) < 4.78 is 52.9. The standard InChI is InChI=1S/C22H20F4N4O/c1-12-13(2)29-19(30-20(12)31)14-3-4-18(27-10-14)28-11-21(5-6-21)15-7-16(22(24,25)26)9-17(23)8-15/h3-4,7-10H,5-6,11H2,1-2H3,(H,27,28)(H,29,30,31). The predicted octanol–water partition coefficient (Wildman–Crippen LogP) is 4.75. The van der Waals surface area contributed by atoms with Crippen molar-refractivity contribution in [1.82, 2.24) is 15.0 Å². The number of aromatic nitrogens is 3. The molecule has 2 N–H and O–H groups in total. The number of nitrogens with zero attached hydrogens (tertiary/aromatic N) is 2. The van der Waals surface area contributed by atoms with Crippen molar-refractivity contribution in [3.63, 3.8) is 0 Å². The second kappa shape index (κ2) is 7.47. The molecule has 1 aromatic carbocycles. The lowest BCUT2D eigenvalue weighted by molar-refractivity contribution is -0.137. The summed E-state index contributed by atoms with van der Waals surface area (Å²) in [5.41, 5.74) is 0.400. The molecule has 4 rings (SSSR count). The van der Waals surface area contributed by atoms with Crippen LogP contribution in [0.4, 0.5) is 23.4 Å². The summed E-state index contributed by atoms with van der Waals surface area (Å²) in [6.45, 7) is 3.78. The zero-order valence-electron chi connectivity index (χ0n) is 16.9. The first-order chi connectivity index (χ1) is 14.6. The van der Waals surface area contributed by atoms with Crippen LogP contribution in [0.15, 0.2) is 41.3 Å². The van der Waals surface area contributed by atoms with Gasteiger partial charge < -0.3 is 10.3 Å². The van der Waals surface area contributed by atoms with Crippen molar-refractivity contribution in [3.8, 4) is 11.4 Å². The molecule has 0 spiro atoms. The molecule has 2 aromatic heterocycles. The molecule has 5 nitrogen and oxygen atoms in total. The Balaban J connectivity index is 1.50. The normalized spacial score (nSPS) is 15.0. The van der Waals surface area contributed by atoms with Gasteiger partial charge in [0.05, 0.1) is 5.56 Å². The first-order valence-corrected chi connectivity index (χ1v) is 9.73. The van der Waals surface area contributed by atoms with Crippen LogP contribution in [0.3, 0.4) is 0 Å². The number of alkyl halides is 3. The number of benzene rings is 1. The summed E-state index contributed by atoms with van der Waals surface area (Å²) in [6.07, 6.45) is -1.72. The van der Waals surface area contributed by atoms with Gasteiger partial charge in [0.15, 0.2) is 0 Å². The summed E-state index contributed by atoms with van der Waals surface area (Å²) in [5.74, 6) is 0.0346. The van der Waals surface area contributed by atoms with E-state index in [9.17, 15) is 22.4 Å². The minimum atomic E-state index is -4.60. The topological polar surface area (TPSA) is 70.7 Å². The zero-order chi connectivity index (χ0) is 22.4. The van der Waals surface area contributed by atoms with E-state index in [2.05, 4.69) is 20.3 Å². The van der Waals surface area contributed by atoms with Gasteiger partial charge >= 0.3 is 6.18 Å². The number of H-pyrrole nitrogens is 1. The van der Waals surface area contributed by atoms with Gasteiger partial charge in [0, 0.05) is 35.0 Å². The first-order valence-electron chi connectivity index (χ1n) is 9.73. The van der Waals surface area contributed by atoms with Gasteiger partial charge in [-0.2, -0.15) is 13.2 Å². The summed E-state index contributed by atoms with van der Waals surface area (Å²) in [4.78, 5) is 23.3. The average molecular weight is 432 g/mol. The third-order valence-corrected chi connectivity index (χ3v) is 5.73. The number of anilines is 1.